The number of pyridine rings is 1. The van der Waals surface area contributed by atoms with Gasteiger partial charge in [-0.2, -0.15) is 0 Å². The number of aryl methyl sites for hydroxylation is 1. The lowest BCUT2D eigenvalue weighted by Gasteiger charge is -2.21. The van der Waals surface area contributed by atoms with Gasteiger partial charge in [0.15, 0.2) is 5.43 Å². The maximum Gasteiger partial charge on any atom is 0.228 e. The fraction of sp³-hybridized carbons (Fsp3) is 0.238. The third kappa shape index (κ3) is 3.13. The highest BCUT2D eigenvalue weighted by molar-refractivity contribution is 6.33. The second-order valence-electron chi connectivity index (χ2n) is 6.44. The van der Waals surface area contributed by atoms with Crippen LogP contribution < -0.4 is 10.7 Å². The zero-order valence-electron chi connectivity index (χ0n) is 15.0. The van der Waals surface area contributed by atoms with E-state index in [0.717, 1.165) is 5.52 Å². The Labute approximate surface area is 157 Å². The Bertz CT molecular complexity index is 1040. The van der Waals surface area contributed by atoms with Crippen molar-refractivity contribution in [3.63, 3.8) is 0 Å². The molecule has 0 saturated heterocycles. The zero-order chi connectivity index (χ0) is 18.8. The molecule has 0 radical (unpaired) electrons. The number of anilines is 1. The molecule has 3 rings (SSSR count). The van der Waals surface area contributed by atoms with Gasteiger partial charge in [0.05, 0.1) is 11.1 Å². The highest BCUT2D eigenvalue weighted by Crippen LogP contribution is 2.33. The molecule has 1 heterocycles. The molecule has 1 amide bonds. The molecule has 5 heteroatoms. The molecule has 1 aromatic heterocycles. The molecule has 0 aliphatic heterocycles. The number of fused-ring (bicyclic) bond motifs is 1. The molecule has 3 aromatic rings. The van der Waals surface area contributed by atoms with E-state index in [1.54, 1.807) is 18.2 Å². The molecule has 0 spiro atoms. The van der Waals surface area contributed by atoms with Crippen LogP contribution in [0.5, 0.6) is 0 Å². The van der Waals surface area contributed by atoms with E-state index in [2.05, 4.69) is 5.32 Å². The topological polar surface area (TPSA) is 51.1 Å². The minimum atomic E-state index is -0.207. The van der Waals surface area contributed by atoms with Crippen LogP contribution >= 0.6 is 11.6 Å². The summed E-state index contributed by atoms with van der Waals surface area (Å²) in [6.45, 7) is 6.23. The van der Waals surface area contributed by atoms with Gasteiger partial charge in [-0.1, -0.05) is 55.8 Å². The molecule has 1 N–H and O–H groups in total. The lowest BCUT2D eigenvalue weighted by Crippen LogP contribution is -2.25. The fourth-order valence-corrected chi connectivity index (χ4v) is 3.26. The normalized spacial score (nSPS) is 11.1. The number of carbonyl (C=O) groups excluding carboxylic acids is 1. The van der Waals surface area contributed by atoms with Crippen LogP contribution in [0.2, 0.25) is 5.02 Å². The summed E-state index contributed by atoms with van der Waals surface area (Å²) >= 11 is 6.39. The van der Waals surface area contributed by atoms with Crippen molar-refractivity contribution < 1.29 is 4.79 Å². The Morgan fingerprint density at radius 2 is 1.77 bits per heavy atom. The van der Waals surface area contributed by atoms with Crippen molar-refractivity contribution in [3.8, 4) is 11.1 Å². The highest BCUT2D eigenvalue weighted by Gasteiger charge is 2.21. The van der Waals surface area contributed by atoms with E-state index in [1.165, 1.54) is 0 Å². The average molecular weight is 369 g/mol. The fourth-order valence-electron chi connectivity index (χ4n) is 3.03. The number of nitrogens with zero attached hydrogens (tertiary/aromatic N) is 1. The summed E-state index contributed by atoms with van der Waals surface area (Å²) in [5.74, 6) is 0.138. The summed E-state index contributed by atoms with van der Waals surface area (Å²) in [7, 11) is 0. The van der Waals surface area contributed by atoms with Gasteiger partial charge in [0.2, 0.25) is 5.91 Å². The monoisotopic (exact) mass is 368 g/mol. The zero-order valence-corrected chi connectivity index (χ0v) is 15.8. The standard InChI is InChI=1S/C21H21ClN2O2/c1-4-24-17-12-8-6-10-15(17)19(25)18(14-9-5-7-11-16(14)22)20(24)23-21(26)13(2)3/h5-13H,4H2,1-3H3,(H,23,26). The predicted molar refractivity (Wildman–Crippen MR) is 108 cm³/mol. The van der Waals surface area contributed by atoms with Crippen molar-refractivity contribution >= 4 is 34.2 Å². The molecule has 26 heavy (non-hydrogen) atoms. The third-order valence-corrected chi connectivity index (χ3v) is 4.73. The van der Waals surface area contributed by atoms with Gasteiger partial charge in [-0.15, -0.1) is 0 Å². The first-order valence-electron chi connectivity index (χ1n) is 8.67. The van der Waals surface area contributed by atoms with Crippen molar-refractivity contribution in [2.75, 3.05) is 5.32 Å². The Balaban J connectivity index is 2.44. The molecule has 0 aliphatic rings. The van der Waals surface area contributed by atoms with E-state index in [4.69, 9.17) is 11.6 Å². The summed E-state index contributed by atoms with van der Waals surface area (Å²) in [4.78, 5) is 25.7. The number of halogens is 1. The second kappa shape index (κ2) is 7.34. The molecule has 4 nitrogen and oxygen atoms in total. The number of amides is 1. The molecule has 134 valence electrons. The number of hydrogen-bond donors (Lipinski definition) is 1. The van der Waals surface area contributed by atoms with E-state index in [0.29, 0.717) is 33.9 Å². The van der Waals surface area contributed by atoms with Crippen molar-refractivity contribution in [1.82, 2.24) is 4.57 Å². The first-order valence-corrected chi connectivity index (χ1v) is 9.04. The number of benzene rings is 2. The molecule has 2 aromatic carbocycles. The first kappa shape index (κ1) is 18.2. The van der Waals surface area contributed by atoms with Crippen LogP contribution in [0.1, 0.15) is 20.8 Å². The van der Waals surface area contributed by atoms with Crippen molar-refractivity contribution in [3.05, 3.63) is 63.8 Å². The predicted octanol–water partition coefficient (Wildman–Crippen LogP) is 4.94. The Morgan fingerprint density at radius 1 is 1.12 bits per heavy atom. The number of hydrogen-bond acceptors (Lipinski definition) is 2. The average Bonchev–Trinajstić information content (AvgIpc) is 2.63. The maximum atomic E-state index is 13.3. The summed E-state index contributed by atoms with van der Waals surface area (Å²) in [5.41, 5.74) is 1.68. The molecule has 0 atom stereocenters. The second-order valence-corrected chi connectivity index (χ2v) is 6.85. The van der Waals surface area contributed by atoms with E-state index in [9.17, 15) is 9.59 Å². The van der Waals surface area contributed by atoms with Crippen molar-refractivity contribution in [1.29, 1.82) is 0 Å². The van der Waals surface area contributed by atoms with E-state index in [-0.39, 0.29) is 17.3 Å². The van der Waals surface area contributed by atoms with Gasteiger partial charge < -0.3 is 9.88 Å². The van der Waals surface area contributed by atoms with E-state index >= 15 is 0 Å². The maximum absolute atomic E-state index is 13.3. The van der Waals surface area contributed by atoms with Gasteiger partial charge in [0.1, 0.15) is 5.82 Å². The summed E-state index contributed by atoms with van der Waals surface area (Å²) < 4.78 is 1.95. The van der Waals surface area contributed by atoms with Gasteiger partial charge in [-0.25, -0.2) is 0 Å². The third-order valence-electron chi connectivity index (χ3n) is 4.40. The van der Waals surface area contributed by atoms with Gasteiger partial charge in [0, 0.05) is 28.4 Å². The Kier molecular flexibility index (Phi) is 5.14. The van der Waals surface area contributed by atoms with Crippen molar-refractivity contribution in [2.45, 2.75) is 27.3 Å². The highest BCUT2D eigenvalue weighted by atomic mass is 35.5. The largest absolute Gasteiger partial charge is 0.327 e. The van der Waals surface area contributed by atoms with Crippen LogP contribution in [-0.4, -0.2) is 10.5 Å². The van der Waals surface area contributed by atoms with Gasteiger partial charge in [-0.3, -0.25) is 9.59 Å². The van der Waals surface area contributed by atoms with Gasteiger partial charge in [-0.05, 0) is 25.1 Å². The molecule has 0 aliphatic carbocycles. The first-order chi connectivity index (χ1) is 12.5. The van der Waals surface area contributed by atoms with E-state index < -0.39 is 0 Å². The summed E-state index contributed by atoms with van der Waals surface area (Å²) in [5, 5.41) is 4.03. The Morgan fingerprint density at radius 3 is 2.42 bits per heavy atom. The number of carbonyl (C=O) groups is 1. The number of aromatic nitrogens is 1. The van der Waals surface area contributed by atoms with Gasteiger partial charge >= 0.3 is 0 Å². The van der Waals surface area contributed by atoms with Crippen LogP contribution in [0, 0.1) is 5.92 Å². The van der Waals surface area contributed by atoms with Crippen LogP contribution in [0.4, 0.5) is 5.82 Å². The number of rotatable bonds is 4. The van der Waals surface area contributed by atoms with Crippen molar-refractivity contribution in [2.24, 2.45) is 5.92 Å². The van der Waals surface area contributed by atoms with Crippen LogP contribution in [0.3, 0.4) is 0 Å². The lowest BCUT2D eigenvalue weighted by molar-refractivity contribution is -0.118. The van der Waals surface area contributed by atoms with Crippen LogP contribution in [0.15, 0.2) is 53.3 Å². The smallest absolute Gasteiger partial charge is 0.228 e. The van der Waals surface area contributed by atoms with E-state index in [1.807, 2.05) is 55.7 Å². The summed E-state index contributed by atoms with van der Waals surface area (Å²) in [6.07, 6.45) is 0. The van der Waals surface area contributed by atoms with Crippen LogP contribution in [-0.2, 0) is 11.3 Å². The minimum absolute atomic E-state index is 0.141. The molecule has 0 fully saturated rings. The van der Waals surface area contributed by atoms with Gasteiger partial charge in [0.25, 0.3) is 0 Å². The van der Waals surface area contributed by atoms with Crippen LogP contribution in [0.25, 0.3) is 22.0 Å². The quantitative estimate of drug-likeness (QED) is 0.709. The molecular formula is C21H21ClN2O2. The Hall–Kier alpha value is -2.59. The lowest BCUT2D eigenvalue weighted by atomic mass is 10.0. The molecular weight excluding hydrogens is 348 g/mol. The molecule has 0 bridgehead atoms. The number of nitrogens with one attached hydrogen (secondary N) is 1. The SMILES string of the molecule is CCn1c(NC(=O)C(C)C)c(-c2ccccc2Cl)c(=O)c2ccccc21. The number of para-hydroxylation sites is 1. The summed E-state index contributed by atoms with van der Waals surface area (Å²) in [6, 6.07) is 14.6. The minimum Gasteiger partial charge on any atom is -0.327 e. The molecule has 0 unspecified atom stereocenters. The molecule has 0 saturated carbocycles.